The first-order valence-electron chi connectivity index (χ1n) is 6.10. The van der Waals surface area contributed by atoms with Crippen LogP contribution in [0.25, 0.3) is 11.1 Å². The van der Waals surface area contributed by atoms with Crippen LogP contribution in [0.4, 0.5) is 11.5 Å². The second kappa shape index (κ2) is 4.65. The number of H-pyrrole nitrogens is 1. The van der Waals surface area contributed by atoms with Gasteiger partial charge in [-0.1, -0.05) is 22.0 Å². The lowest BCUT2D eigenvalue weighted by atomic mass is 10.1. The van der Waals surface area contributed by atoms with Gasteiger partial charge in [-0.25, -0.2) is 0 Å². The molecule has 0 atom stereocenters. The molecule has 1 aromatic heterocycles. The summed E-state index contributed by atoms with van der Waals surface area (Å²) in [7, 11) is 0. The summed E-state index contributed by atoms with van der Waals surface area (Å²) >= 11 is 3.63. The van der Waals surface area contributed by atoms with Crippen molar-refractivity contribution in [2.45, 2.75) is 12.8 Å². The van der Waals surface area contributed by atoms with E-state index in [4.69, 9.17) is 5.73 Å². The van der Waals surface area contributed by atoms with E-state index in [9.17, 15) is 0 Å². The number of anilines is 2. The molecule has 4 nitrogen and oxygen atoms in total. The van der Waals surface area contributed by atoms with Crippen LogP contribution in [0, 0.1) is 0 Å². The molecule has 0 aliphatic carbocycles. The summed E-state index contributed by atoms with van der Waals surface area (Å²) < 4.78 is 1.06. The molecule has 2 aromatic rings. The quantitative estimate of drug-likeness (QED) is 0.896. The van der Waals surface area contributed by atoms with Gasteiger partial charge in [-0.15, -0.1) is 0 Å². The number of nitrogens with one attached hydrogen (secondary N) is 1. The Morgan fingerprint density at radius 1 is 1.28 bits per heavy atom. The van der Waals surface area contributed by atoms with Crippen molar-refractivity contribution in [1.82, 2.24) is 10.2 Å². The molecule has 1 aromatic carbocycles. The lowest BCUT2D eigenvalue weighted by Crippen LogP contribution is -2.18. The third-order valence-electron chi connectivity index (χ3n) is 3.38. The fourth-order valence-corrected chi connectivity index (χ4v) is 3.07. The summed E-state index contributed by atoms with van der Waals surface area (Å²) in [5, 5.41) is 6.82. The minimum absolute atomic E-state index is 0.613. The predicted molar refractivity (Wildman–Crippen MR) is 77.6 cm³/mol. The Bertz CT molecular complexity index is 558. The molecule has 3 N–H and O–H groups in total. The monoisotopic (exact) mass is 306 g/mol. The van der Waals surface area contributed by atoms with Crippen LogP contribution in [0.2, 0.25) is 0 Å². The lowest BCUT2D eigenvalue weighted by molar-refractivity contribution is 0.949. The highest BCUT2D eigenvalue weighted by atomic mass is 79.9. The first-order valence-corrected chi connectivity index (χ1v) is 6.89. The van der Waals surface area contributed by atoms with Crippen LogP contribution in [-0.2, 0) is 0 Å². The minimum atomic E-state index is 0.613. The van der Waals surface area contributed by atoms with Gasteiger partial charge >= 0.3 is 0 Å². The number of hydrogen-bond donors (Lipinski definition) is 2. The first-order chi connectivity index (χ1) is 8.77. The SMILES string of the molecule is Nc1[nH]ncc1-c1c(Br)cccc1N1CCCC1. The highest BCUT2D eigenvalue weighted by Crippen LogP contribution is 2.40. The van der Waals surface area contributed by atoms with Crippen LogP contribution in [0.5, 0.6) is 0 Å². The van der Waals surface area contributed by atoms with Crippen molar-refractivity contribution in [3.05, 3.63) is 28.9 Å². The van der Waals surface area contributed by atoms with E-state index in [0.29, 0.717) is 5.82 Å². The van der Waals surface area contributed by atoms with Gasteiger partial charge in [0.1, 0.15) is 5.82 Å². The van der Waals surface area contributed by atoms with Crippen LogP contribution >= 0.6 is 15.9 Å². The van der Waals surface area contributed by atoms with Gasteiger partial charge in [-0.05, 0) is 25.0 Å². The average molecular weight is 307 g/mol. The van der Waals surface area contributed by atoms with Gasteiger partial charge in [-0.3, -0.25) is 5.10 Å². The molecule has 0 radical (unpaired) electrons. The summed E-state index contributed by atoms with van der Waals surface area (Å²) in [5.74, 6) is 0.613. The second-order valence-corrected chi connectivity index (χ2v) is 5.38. The van der Waals surface area contributed by atoms with E-state index in [0.717, 1.165) is 28.7 Å². The van der Waals surface area contributed by atoms with E-state index < -0.39 is 0 Å². The van der Waals surface area contributed by atoms with Crippen LogP contribution in [0.15, 0.2) is 28.9 Å². The maximum atomic E-state index is 5.95. The Labute approximate surface area is 114 Å². The zero-order chi connectivity index (χ0) is 12.5. The lowest BCUT2D eigenvalue weighted by Gasteiger charge is -2.22. The molecule has 5 heteroatoms. The molecule has 1 fully saturated rings. The number of aromatic nitrogens is 2. The molecule has 18 heavy (non-hydrogen) atoms. The molecule has 2 heterocycles. The molecule has 1 aliphatic rings. The Balaban J connectivity index is 2.15. The maximum Gasteiger partial charge on any atom is 0.126 e. The number of nitrogens with two attached hydrogens (primary N) is 1. The van der Waals surface area contributed by atoms with Crippen molar-refractivity contribution in [2.24, 2.45) is 0 Å². The van der Waals surface area contributed by atoms with Gasteiger partial charge in [0.2, 0.25) is 0 Å². The van der Waals surface area contributed by atoms with Crippen LogP contribution in [-0.4, -0.2) is 23.3 Å². The molecule has 0 unspecified atom stereocenters. The second-order valence-electron chi connectivity index (χ2n) is 4.53. The van der Waals surface area contributed by atoms with Crippen LogP contribution in [0.3, 0.4) is 0 Å². The summed E-state index contributed by atoms with van der Waals surface area (Å²) in [6.45, 7) is 2.22. The van der Waals surface area contributed by atoms with Gasteiger partial charge in [-0.2, -0.15) is 5.10 Å². The molecule has 0 bridgehead atoms. The summed E-state index contributed by atoms with van der Waals surface area (Å²) in [4.78, 5) is 2.41. The molecule has 0 spiro atoms. The maximum absolute atomic E-state index is 5.95. The Kier molecular flexibility index (Phi) is 2.99. The van der Waals surface area contributed by atoms with Crippen LogP contribution < -0.4 is 10.6 Å². The number of nitrogens with zero attached hydrogens (tertiary/aromatic N) is 2. The predicted octanol–water partition coefficient (Wildman–Crippen LogP) is 3.02. The van der Waals surface area contributed by atoms with E-state index in [1.165, 1.54) is 18.5 Å². The molecule has 0 saturated carbocycles. The molecule has 3 rings (SSSR count). The van der Waals surface area contributed by atoms with Crippen molar-refractivity contribution in [1.29, 1.82) is 0 Å². The normalized spacial score (nSPS) is 15.3. The number of benzene rings is 1. The number of rotatable bonds is 2. The third kappa shape index (κ3) is 1.88. The zero-order valence-corrected chi connectivity index (χ0v) is 11.6. The van der Waals surface area contributed by atoms with Gasteiger partial charge in [0, 0.05) is 34.4 Å². The van der Waals surface area contributed by atoms with Gasteiger partial charge in [0.25, 0.3) is 0 Å². The molecule has 94 valence electrons. The standard InChI is InChI=1S/C13H15BrN4/c14-10-4-3-5-11(18-6-1-2-7-18)12(10)9-8-16-17-13(9)15/h3-5,8H,1-2,6-7H2,(H3,15,16,17). The van der Waals surface area contributed by atoms with E-state index in [1.54, 1.807) is 6.20 Å². The Morgan fingerprint density at radius 2 is 2.06 bits per heavy atom. The molecule has 1 saturated heterocycles. The van der Waals surface area contributed by atoms with E-state index in [1.807, 2.05) is 6.07 Å². The number of halogens is 1. The summed E-state index contributed by atoms with van der Waals surface area (Å²) in [6.07, 6.45) is 4.30. The fraction of sp³-hybridized carbons (Fsp3) is 0.308. The van der Waals surface area contributed by atoms with Gasteiger partial charge in [0.15, 0.2) is 0 Å². The Hall–Kier alpha value is -1.49. The number of nitrogen functional groups attached to an aromatic ring is 1. The minimum Gasteiger partial charge on any atom is -0.384 e. The molecule has 0 amide bonds. The largest absolute Gasteiger partial charge is 0.384 e. The van der Waals surface area contributed by atoms with Crippen molar-refractivity contribution < 1.29 is 0 Å². The molecule has 1 aliphatic heterocycles. The Morgan fingerprint density at radius 3 is 2.72 bits per heavy atom. The van der Waals surface area contributed by atoms with Gasteiger partial charge in [0.05, 0.1) is 6.20 Å². The third-order valence-corrected chi connectivity index (χ3v) is 4.04. The van der Waals surface area contributed by atoms with E-state index in [-0.39, 0.29) is 0 Å². The van der Waals surface area contributed by atoms with E-state index in [2.05, 4.69) is 43.2 Å². The van der Waals surface area contributed by atoms with Crippen molar-refractivity contribution >= 4 is 27.4 Å². The first kappa shape index (κ1) is 11.6. The summed E-state index contributed by atoms with van der Waals surface area (Å²) in [6, 6.07) is 6.26. The van der Waals surface area contributed by atoms with Gasteiger partial charge < -0.3 is 10.6 Å². The smallest absolute Gasteiger partial charge is 0.126 e. The van der Waals surface area contributed by atoms with Crippen molar-refractivity contribution in [3.8, 4) is 11.1 Å². The topological polar surface area (TPSA) is 57.9 Å². The highest BCUT2D eigenvalue weighted by Gasteiger charge is 2.20. The number of hydrogen-bond acceptors (Lipinski definition) is 3. The highest BCUT2D eigenvalue weighted by molar-refractivity contribution is 9.10. The number of aromatic amines is 1. The zero-order valence-electron chi connectivity index (χ0n) is 9.99. The van der Waals surface area contributed by atoms with Crippen LogP contribution in [0.1, 0.15) is 12.8 Å². The molecular formula is C13H15BrN4. The summed E-state index contributed by atoms with van der Waals surface area (Å²) in [5.41, 5.74) is 9.28. The molecular weight excluding hydrogens is 292 g/mol. The average Bonchev–Trinajstić information content (AvgIpc) is 3.00. The van der Waals surface area contributed by atoms with Crippen molar-refractivity contribution in [2.75, 3.05) is 23.7 Å². The van der Waals surface area contributed by atoms with E-state index >= 15 is 0 Å². The fourth-order valence-electron chi connectivity index (χ4n) is 2.50. The van der Waals surface area contributed by atoms with Crippen molar-refractivity contribution in [3.63, 3.8) is 0 Å².